The first-order chi connectivity index (χ1) is 14.5. The molecule has 0 aliphatic carbocycles. The molecule has 0 unspecified atom stereocenters. The van der Waals surface area contributed by atoms with Crippen LogP contribution in [0.5, 0.6) is 0 Å². The maximum atomic E-state index is 13.0. The fraction of sp³-hybridized carbons (Fsp3) is 0.381. The average molecular weight is 475 g/mol. The van der Waals surface area contributed by atoms with E-state index in [1.54, 1.807) is 12.1 Å². The van der Waals surface area contributed by atoms with E-state index in [1.807, 2.05) is 19.1 Å². The Kier molecular flexibility index (Phi) is 6.98. The molecule has 2 aromatic carbocycles. The molecule has 0 saturated carbocycles. The van der Waals surface area contributed by atoms with E-state index in [1.165, 1.54) is 10.4 Å². The van der Waals surface area contributed by atoms with Gasteiger partial charge in [0.2, 0.25) is 15.9 Å². The van der Waals surface area contributed by atoms with Crippen LogP contribution in [0.15, 0.2) is 42.5 Å². The third kappa shape index (κ3) is 5.78. The van der Waals surface area contributed by atoms with Crippen LogP contribution in [0.25, 0.3) is 0 Å². The van der Waals surface area contributed by atoms with Crippen LogP contribution >= 0.6 is 11.6 Å². The first-order valence-electron chi connectivity index (χ1n) is 9.67. The van der Waals surface area contributed by atoms with Crippen LogP contribution in [-0.4, -0.2) is 31.7 Å². The molecule has 2 aromatic rings. The van der Waals surface area contributed by atoms with E-state index < -0.39 is 38.6 Å². The number of rotatable bonds is 5. The number of benzene rings is 2. The highest BCUT2D eigenvalue weighted by Gasteiger charge is 2.34. The Hall–Kier alpha value is -2.10. The van der Waals surface area contributed by atoms with Crippen molar-refractivity contribution in [2.45, 2.75) is 31.7 Å². The number of hydrogen-bond donors (Lipinski definition) is 1. The van der Waals surface area contributed by atoms with Crippen molar-refractivity contribution in [3.05, 3.63) is 64.2 Å². The van der Waals surface area contributed by atoms with Gasteiger partial charge >= 0.3 is 6.18 Å². The van der Waals surface area contributed by atoms with E-state index in [9.17, 15) is 26.4 Å². The highest BCUT2D eigenvalue weighted by atomic mass is 35.5. The van der Waals surface area contributed by atoms with Gasteiger partial charge in [-0.05, 0) is 49.1 Å². The van der Waals surface area contributed by atoms with Gasteiger partial charge in [-0.3, -0.25) is 4.79 Å². The number of carbonyl (C=O) groups is 1. The molecule has 10 heteroatoms. The van der Waals surface area contributed by atoms with Gasteiger partial charge in [-0.2, -0.15) is 13.2 Å². The third-order valence-corrected chi connectivity index (χ3v) is 7.51. The van der Waals surface area contributed by atoms with Gasteiger partial charge in [0.25, 0.3) is 0 Å². The Morgan fingerprint density at radius 1 is 1.16 bits per heavy atom. The van der Waals surface area contributed by atoms with Crippen molar-refractivity contribution in [2.75, 3.05) is 18.4 Å². The molecular weight excluding hydrogens is 453 g/mol. The van der Waals surface area contributed by atoms with Gasteiger partial charge in [0.15, 0.2) is 0 Å². The van der Waals surface area contributed by atoms with Crippen LogP contribution in [0.4, 0.5) is 18.9 Å². The lowest BCUT2D eigenvalue weighted by Gasteiger charge is -2.30. The molecule has 0 bridgehead atoms. The Bertz CT molecular complexity index is 1070. The van der Waals surface area contributed by atoms with Gasteiger partial charge < -0.3 is 5.32 Å². The van der Waals surface area contributed by atoms with Crippen molar-refractivity contribution < 1.29 is 26.4 Å². The van der Waals surface area contributed by atoms with Crippen molar-refractivity contribution in [3.8, 4) is 0 Å². The Balaban J connectivity index is 1.61. The number of piperidine rings is 1. The molecule has 1 aliphatic rings. The van der Waals surface area contributed by atoms with E-state index in [2.05, 4.69) is 5.32 Å². The van der Waals surface area contributed by atoms with Crippen LogP contribution < -0.4 is 5.32 Å². The second kappa shape index (κ2) is 9.18. The molecule has 0 spiro atoms. The molecule has 3 rings (SSSR count). The zero-order valence-corrected chi connectivity index (χ0v) is 18.3. The summed E-state index contributed by atoms with van der Waals surface area (Å²) in [4.78, 5) is 12.5. The summed E-state index contributed by atoms with van der Waals surface area (Å²) in [5.74, 6) is -1.04. The minimum absolute atomic E-state index is 0.00340. The minimum Gasteiger partial charge on any atom is -0.326 e. The fourth-order valence-corrected chi connectivity index (χ4v) is 5.41. The molecule has 1 aliphatic heterocycles. The van der Waals surface area contributed by atoms with Gasteiger partial charge in [-0.25, -0.2) is 12.7 Å². The fourth-order valence-electron chi connectivity index (χ4n) is 3.52. The summed E-state index contributed by atoms with van der Waals surface area (Å²) in [7, 11) is -3.53. The molecular formula is C21H22ClF3N2O3S. The molecule has 1 N–H and O–H groups in total. The third-order valence-electron chi connectivity index (χ3n) is 5.36. The Morgan fingerprint density at radius 2 is 1.81 bits per heavy atom. The molecule has 1 saturated heterocycles. The number of alkyl halides is 3. The summed E-state index contributed by atoms with van der Waals surface area (Å²) in [6, 6.07) is 10.4. The molecule has 0 radical (unpaired) electrons. The first kappa shape index (κ1) is 23.6. The number of amides is 1. The molecule has 1 amide bonds. The molecule has 31 heavy (non-hydrogen) atoms. The lowest BCUT2D eigenvalue weighted by Crippen LogP contribution is -2.42. The second-order valence-electron chi connectivity index (χ2n) is 7.54. The molecule has 1 fully saturated rings. The number of hydrogen-bond acceptors (Lipinski definition) is 3. The van der Waals surface area contributed by atoms with Gasteiger partial charge in [-0.15, -0.1) is 0 Å². The van der Waals surface area contributed by atoms with Crippen molar-refractivity contribution in [1.82, 2.24) is 4.31 Å². The number of nitrogens with zero attached hydrogens (tertiary/aromatic N) is 1. The van der Waals surface area contributed by atoms with E-state index in [0.717, 1.165) is 23.3 Å². The number of sulfonamides is 1. The maximum absolute atomic E-state index is 13.0. The summed E-state index contributed by atoms with van der Waals surface area (Å²) in [6.07, 6.45) is -4.05. The zero-order valence-electron chi connectivity index (χ0n) is 16.7. The summed E-state index contributed by atoms with van der Waals surface area (Å²) in [6.45, 7) is 2.21. The van der Waals surface area contributed by atoms with Crippen LogP contribution in [0.2, 0.25) is 5.02 Å². The number of nitrogens with one attached hydrogen (secondary N) is 1. The molecule has 0 atom stereocenters. The van der Waals surface area contributed by atoms with E-state index >= 15 is 0 Å². The molecule has 168 valence electrons. The first-order valence-corrected chi connectivity index (χ1v) is 11.7. The predicted molar refractivity (Wildman–Crippen MR) is 113 cm³/mol. The highest BCUT2D eigenvalue weighted by Crippen LogP contribution is 2.36. The summed E-state index contributed by atoms with van der Waals surface area (Å²) >= 11 is 5.60. The summed E-state index contributed by atoms with van der Waals surface area (Å²) in [5, 5.41) is 2.04. The molecule has 1 heterocycles. The number of halogens is 4. The van der Waals surface area contributed by atoms with E-state index in [0.29, 0.717) is 12.8 Å². The van der Waals surface area contributed by atoms with E-state index in [4.69, 9.17) is 11.6 Å². The predicted octanol–water partition coefficient (Wildman–Crippen LogP) is 4.85. The minimum atomic E-state index is -4.63. The quantitative estimate of drug-likeness (QED) is 0.673. The Morgan fingerprint density at radius 3 is 2.42 bits per heavy atom. The lowest BCUT2D eigenvalue weighted by atomic mass is 9.97. The number of aryl methyl sites for hydroxylation is 1. The Labute approximate surface area is 184 Å². The van der Waals surface area contributed by atoms with Crippen LogP contribution in [0, 0.1) is 12.8 Å². The van der Waals surface area contributed by atoms with Crippen molar-refractivity contribution >= 4 is 33.2 Å². The van der Waals surface area contributed by atoms with Gasteiger partial charge in [0.1, 0.15) is 0 Å². The molecule has 5 nitrogen and oxygen atoms in total. The zero-order chi connectivity index (χ0) is 22.8. The highest BCUT2D eigenvalue weighted by molar-refractivity contribution is 7.88. The van der Waals surface area contributed by atoms with E-state index in [-0.39, 0.29) is 24.5 Å². The SMILES string of the molecule is Cc1ccccc1CS(=O)(=O)N1CCC(C(=O)Nc2ccc(Cl)c(C(F)(F)F)c2)CC1. The lowest BCUT2D eigenvalue weighted by molar-refractivity contribution is -0.137. The van der Waals surface area contributed by atoms with Crippen LogP contribution in [-0.2, 0) is 26.7 Å². The standard InChI is InChI=1S/C21H22ClF3N2O3S/c1-14-4-2-3-5-16(14)13-31(29,30)27-10-8-15(9-11-27)20(28)26-17-6-7-19(22)18(12-17)21(23,24)25/h2-7,12,15H,8-11,13H2,1H3,(H,26,28). The summed E-state index contributed by atoms with van der Waals surface area (Å²) in [5.41, 5.74) is 0.590. The second-order valence-corrected chi connectivity index (χ2v) is 9.91. The monoisotopic (exact) mass is 474 g/mol. The smallest absolute Gasteiger partial charge is 0.326 e. The number of carbonyl (C=O) groups excluding carboxylic acids is 1. The summed E-state index contributed by atoms with van der Waals surface area (Å²) < 4.78 is 65.8. The van der Waals surface area contributed by atoms with Crippen molar-refractivity contribution in [2.24, 2.45) is 5.92 Å². The van der Waals surface area contributed by atoms with Crippen molar-refractivity contribution in [3.63, 3.8) is 0 Å². The van der Waals surface area contributed by atoms with Gasteiger partial charge in [-0.1, -0.05) is 35.9 Å². The largest absolute Gasteiger partial charge is 0.417 e. The topological polar surface area (TPSA) is 66.5 Å². The van der Waals surface area contributed by atoms with Gasteiger partial charge in [0.05, 0.1) is 16.3 Å². The average Bonchev–Trinajstić information content (AvgIpc) is 2.70. The normalized spacial score (nSPS) is 16.3. The number of anilines is 1. The van der Waals surface area contributed by atoms with Gasteiger partial charge in [0, 0.05) is 24.7 Å². The van der Waals surface area contributed by atoms with Crippen molar-refractivity contribution in [1.29, 1.82) is 0 Å². The molecule has 0 aromatic heterocycles. The van der Waals surface area contributed by atoms with Crippen LogP contribution in [0.1, 0.15) is 29.5 Å². The van der Waals surface area contributed by atoms with Crippen LogP contribution in [0.3, 0.4) is 0 Å². The maximum Gasteiger partial charge on any atom is 0.417 e.